The summed E-state index contributed by atoms with van der Waals surface area (Å²) in [7, 11) is 0. The molecule has 126 valence electrons. The number of nitrogens with one attached hydrogen (secondary N) is 2. The quantitative estimate of drug-likeness (QED) is 0.711. The van der Waals surface area contributed by atoms with Crippen LogP contribution in [0.4, 0.5) is 17.2 Å². The summed E-state index contributed by atoms with van der Waals surface area (Å²) in [6.45, 7) is 1.99. The molecule has 0 aliphatic heterocycles. The van der Waals surface area contributed by atoms with Crippen molar-refractivity contribution in [2.24, 2.45) is 0 Å². The van der Waals surface area contributed by atoms with Crippen molar-refractivity contribution >= 4 is 23.1 Å². The Bertz CT molecular complexity index is 816. The molecule has 0 atom stereocenters. The predicted octanol–water partition coefficient (Wildman–Crippen LogP) is 4.15. The minimum atomic E-state index is -0.232. The zero-order valence-corrected chi connectivity index (χ0v) is 13.9. The first-order chi connectivity index (χ1) is 12.2. The highest BCUT2D eigenvalue weighted by molar-refractivity contribution is 5.91. The molecule has 1 amide bonds. The number of carbonyl (C=O) groups excluding carboxylic acids is 1. The number of benzene rings is 2. The number of ether oxygens (including phenoxy) is 1. The topological polar surface area (TPSA) is 63.2 Å². The molecular weight excluding hydrogens is 314 g/mol. The van der Waals surface area contributed by atoms with Gasteiger partial charge in [-0.05, 0) is 43.3 Å². The van der Waals surface area contributed by atoms with Gasteiger partial charge >= 0.3 is 0 Å². The highest BCUT2D eigenvalue weighted by Crippen LogP contribution is 2.16. The van der Waals surface area contributed by atoms with Gasteiger partial charge in [0.15, 0.2) is 6.61 Å². The molecule has 0 radical (unpaired) electrons. The van der Waals surface area contributed by atoms with Crippen LogP contribution in [-0.2, 0) is 4.79 Å². The first-order valence-electron chi connectivity index (χ1n) is 7.96. The molecule has 0 aliphatic carbocycles. The predicted molar refractivity (Wildman–Crippen MR) is 99.3 cm³/mol. The average Bonchev–Trinajstić information content (AvgIpc) is 2.64. The average molecular weight is 333 g/mol. The van der Waals surface area contributed by atoms with Crippen LogP contribution < -0.4 is 15.4 Å². The van der Waals surface area contributed by atoms with E-state index in [1.165, 1.54) is 5.56 Å². The van der Waals surface area contributed by atoms with E-state index in [1.807, 2.05) is 55.5 Å². The third-order valence-electron chi connectivity index (χ3n) is 3.48. The number of aromatic nitrogens is 1. The van der Waals surface area contributed by atoms with Gasteiger partial charge in [-0.25, -0.2) is 4.98 Å². The molecule has 0 unspecified atom stereocenters. The van der Waals surface area contributed by atoms with E-state index in [-0.39, 0.29) is 12.5 Å². The molecule has 0 saturated carbocycles. The fourth-order valence-corrected chi connectivity index (χ4v) is 2.19. The van der Waals surface area contributed by atoms with Gasteiger partial charge in [-0.1, -0.05) is 35.9 Å². The summed E-state index contributed by atoms with van der Waals surface area (Å²) in [5.41, 5.74) is 2.79. The summed E-state index contributed by atoms with van der Waals surface area (Å²) in [5, 5.41) is 5.97. The van der Waals surface area contributed by atoms with Crippen LogP contribution in [0.15, 0.2) is 72.9 Å². The molecule has 1 aromatic heterocycles. The summed E-state index contributed by atoms with van der Waals surface area (Å²) in [6.07, 6.45) is 1.61. The molecule has 0 fully saturated rings. The summed E-state index contributed by atoms with van der Waals surface area (Å²) in [6, 6.07) is 20.9. The Morgan fingerprint density at radius 2 is 1.68 bits per heavy atom. The normalized spacial score (nSPS) is 10.1. The number of aryl methyl sites for hydroxylation is 1. The Kier molecular flexibility index (Phi) is 5.26. The largest absolute Gasteiger partial charge is 0.484 e. The van der Waals surface area contributed by atoms with Gasteiger partial charge in [0.1, 0.15) is 11.6 Å². The van der Waals surface area contributed by atoms with Crippen molar-refractivity contribution < 1.29 is 9.53 Å². The van der Waals surface area contributed by atoms with E-state index in [9.17, 15) is 4.79 Å². The number of rotatable bonds is 6. The molecule has 1 heterocycles. The lowest BCUT2D eigenvalue weighted by Crippen LogP contribution is -2.20. The van der Waals surface area contributed by atoms with Crippen molar-refractivity contribution in [2.75, 3.05) is 17.2 Å². The van der Waals surface area contributed by atoms with E-state index in [2.05, 4.69) is 15.6 Å². The molecule has 0 bridgehead atoms. The number of amides is 1. The smallest absolute Gasteiger partial charge is 0.262 e. The molecular formula is C20H19N3O2. The van der Waals surface area contributed by atoms with E-state index in [4.69, 9.17) is 4.74 Å². The Hall–Kier alpha value is -3.34. The van der Waals surface area contributed by atoms with Crippen LogP contribution in [0.2, 0.25) is 0 Å². The third kappa shape index (κ3) is 5.07. The van der Waals surface area contributed by atoms with Gasteiger partial charge in [0.05, 0.1) is 11.9 Å². The minimum absolute atomic E-state index is 0.0482. The van der Waals surface area contributed by atoms with Gasteiger partial charge in [-0.15, -0.1) is 0 Å². The van der Waals surface area contributed by atoms with E-state index in [0.717, 1.165) is 5.69 Å². The van der Waals surface area contributed by atoms with Crippen molar-refractivity contribution in [1.82, 2.24) is 4.98 Å². The molecule has 5 nitrogen and oxygen atoms in total. The molecule has 2 N–H and O–H groups in total. The first kappa shape index (κ1) is 16.5. The fourth-order valence-electron chi connectivity index (χ4n) is 2.19. The Morgan fingerprint density at radius 3 is 2.36 bits per heavy atom. The zero-order valence-electron chi connectivity index (χ0n) is 13.9. The maximum absolute atomic E-state index is 11.9. The Morgan fingerprint density at radius 1 is 0.960 bits per heavy atom. The first-order valence-corrected chi connectivity index (χ1v) is 7.96. The third-order valence-corrected chi connectivity index (χ3v) is 3.48. The fraction of sp³-hybridized carbons (Fsp3) is 0.100. The highest BCUT2D eigenvalue weighted by atomic mass is 16.5. The van der Waals surface area contributed by atoms with Crippen LogP contribution >= 0.6 is 0 Å². The van der Waals surface area contributed by atoms with Gasteiger partial charge < -0.3 is 15.4 Å². The zero-order chi connectivity index (χ0) is 17.5. The van der Waals surface area contributed by atoms with E-state index in [1.54, 1.807) is 24.4 Å². The highest BCUT2D eigenvalue weighted by Gasteiger charge is 2.04. The van der Waals surface area contributed by atoms with Gasteiger partial charge in [0.25, 0.3) is 5.91 Å². The van der Waals surface area contributed by atoms with Crippen LogP contribution in [0.1, 0.15) is 5.56 Å². The lowest BCUT2D eigenvalue weighted by atomic mass is 10.2. The molecule has 0 aliphatic rings. The summed E-state index contributed by atoms with van der Waals surface area (Å²) < 4.78 is 5.41. The summed E-state index contributed by atoms with van der Waals surface area (Å²) in [5.74, 6) is 1.14. The number of pyridine rings is 1. The second kappa shape index (κ2) is 7.97. The molecule has 5 heteroatoms. The number of carbonyl (C=O) groups is 1. The molecule has 3 rings (SSSR count). The van der Waals surface area contributed by atoms with E-state index >= 15 is 0 Å². The van der Waals surface area contributed by atoms with Gasteiger partial charge in [0, 0.05) is 5.69 Å². The Balaban J connectivity index is 1.51. The second-order valence-electron chi connectivity index (χ2n) is 5.57. The van der Waals surface area contributed by atoms with Crippen molar-refractivity contribution in [1.29, 1.82) is 0 Å². The number of para-hydroxylation sites is 1. The maximum atomic E-state index is 11.9. The van der Waals surface area contributed by atoms with Crippen molar-refractivity contribution in [3.8, 4) is 5.75 Å². The molecule has 3 aromatic rings. The van der Waals surface area contributed by atoms with Crippen molar-refractivity contribution in [3.63, 3.8) is 0 Å². The van der Waals surface area contributed by atoms with Crippen LogP contribution in [-0.4, -0.2) is 17.5 Å². The van der Waals surface area contributed by atoms with E-state index < -0.39 is 0 Å². The van der Waals surface area contributed by atoms with Crippen LogP contribution in [0, 0.1) is 6.92 Å². The van der Waals surface area contributed by atoms with E-state index in [0.29, 0.717) is 17.3 Å². The van der Waals surface area contributed by atoms with Crippen LogP contribution in [0.5, 0.6) is 5.75 Å². The number of anilines is 3. The molecule has 0 saturated heterocycles. The van der Waals surface area contributed by atoms with Gasteiger partial charge in [-0.3, -0.25) is 4.79 Å². The second-order valence-corrected chi connectivity index (χ2v) is 5.57. The van der Waals surface area contributed by atoms with Gasteiger partial charge in [0.2, 0.25) is 0 Å². The minimum Gasteiger partial charge on any atom is -0.484 e. The SMILES string of the molecule is Cc1ccc(Nc2ccc(NC(=O)COc3ccccc3)cn2)cc1. The lowest BCUT2D eigenvalue weighted by molar-refractivity contribution is -0.118. The molecule has 2 aromatic carbocycles. The Labute approximate surface area is 146 Å². The monoisotopic (exact) mass is 333 g/mol. The maximum Gasteiger partial charge on any atom is 0.262 e. The van der Waals surface area contributed by atoms with Crippen molar-refractivity contribution in [2.45, 2.75) is 6.92 Å². The summed E-state index contributed by atoms with van der Waals surface area (Å²) in [4.78, 5) is 16.2. The van der Waals surface area contributed by atoms with Crippen molar-refractivity contribution in [3.05, 3.63) is 78.5 Å². The number of nitrogens with zero attached hydrogens (tertiary/aromatic N) is 1. The van der Waals surface area contributed by atoms with Gasteiger partial charge in [-0.2, -0.15) is 0 Å². The number of hydrogen-bond acceptors (Lipinski definition) is 4. The summed E-state index contributed by atoms with van der Waals surface area (Å²) >= 11 is 0. The van der Waals surface area contributed by atoms with Crippen LogP contribution in [0.3, 0.4) is 0 Å². The molecule has 0 spiro atoms. The van der Waals surface area contributed by atoms with Crippen LogP contribution in [0.25, 0.3) is 0 Å². The number of hydrogen-bond donors (Lipinski definition) is 2. The standard InChI is InChI=1S/C20H19N3O2/c1-15-7-9-16(10-8-15)22-19-12-11-17(13-21-19)23-20(24)14-25-18-5-3-2-4-6-18/h2-13H,14H2,1H3,(H,21,22)(H,23,24). The lowest BCUT2D eigenvalue weighted by Gasteiger charge is -2.09. The molecule has 25 heavy (non-hydrogen) atoms.